The Morgan fingerprint density at radius 1 is 1.47 bits per heavy atom. The SMILES string of the molecule is CN(CC#Cc1cccc(Cl)c1)CCO. The number of aliphatic hydroxyl groups is 1. The van der Waals surface area contributed by atoms with Crippen molar-refractivity contribution in [3.63, 3.8) is 0 Å². The highest BCUT2D eigenvalue weighted by Gasteiger charge is 1.92. The molecular formula is C12H14ClNO. The molecule has 0 atom stereocenters. The van der Waals surface area contributed by atoms with Gasteiger partial charge in [0, 0.05) is 17.1 Å². The number of nitrogens with zero attached hydrogens (tertiary/aromatic N) is 1. The van der Waals surface area contributed by atoms with Crippen LogP contribution >= 0.6 is 11.6 Å². The lowest BCUT2D eigenvalue weighted by molar-refractivity contribution is 0.234. The predicted molar refractivity (Wildman–Crippen MR) is 62.9 cm³/mol. The summed E-state index contributed by atoms with van der Waals surface area (Å²) in [5.41, 5.74) is 0.917. The normalized spacial score (nSPS) is 9.87. The largest absolute Gasteiger partial charge is 0.395 e. The second-order valence-corrected chi connectivity index (χ2v) is 3.71. The van der Waals surface area contributed by atoms with E-state index in [0.29, 0.717) is 18.1 Å². The molecule has 0 bridgehead atoms. The molecule has 0 saturated carbocycles. The van der Waals surface area contributed by atoms with Gasteiger partial charge in [-0.05, 0) is 25.2 Å². The van der Waals surface area contributed by atoms with Crippen LogP contribution in [0.2, 0.25) is 5.02 Å². The van der Waals surface area contributed by atoms with E-state index in [1.807, 2.05) is 36.2 Å². The first-order chi connectivity index (χ1) is 7.22. The summed E-state index contributed by atoms with van der Waals surface area (Å²) >= 11 is 5.82. The number of halogens is 1. The molecule has 0 amide bonds. The van der Waals surface area contributed by atoms with Gasteiger partial charge in [0.05, 0.1) is 13.2 Å². The molecule has 1 N–H and O–H groups in total. The van der Waals surface area contributed by atoms with Crippen molar-refractivity contribution in [1.82, 2.24) is 4.90 Å². The number of rotatable bonds is 3. The van der Waals surface area contributed by atoms with Gasteiger partial charge in [-0.1, -0.05) is 29.5 Å². The number of likely N-dealkylation sites (N-methyl/N-ethyl adjacent to an activating group) is 1. The number of aliphatic hydroxyl groups excluding tert-OH is 1. The fraction of sp³-hybridized carbons (Fsp3) is 0.333. The minimum atomic E-state index is 0.162. The van der Waals surface area contributed by atoms with Gasteiger partial charge in [0.2, 0.25) is 0 Å². The van der Waals surface area contributed by atoms with E-state index in [4.69, 9.17) is 16.7 Å². The first-order valence-electron chi connectivity index (χ1n) is 4.76. The van der Waals surface area contributed by atoms with Crippen LogP contribution in [-0.2, 0) is 0 Å². The average molecular weight is 224 g/mol. The van der Waals surface area contributed by atoms with Gasteiger partial charge in [0.1, 0.15) is 0 Å². The van der Waals surface area contributed by atoms with Crippen molar-refractivity contribution in [3.8, 4) is 11.8 Å². The van der Waals surface area contributed by atoms with Crippen molar-refractivity contribution in [2.24, 2.45) is 0 Å². The molecule has 0 heterocycles. The third-order valence-electron chi connectivity index (χ3n) is 1.89. The van der Waals surface area contributed by atoms with Crippen LogP contribution in [0.25, 0.3) is 0 Å². The summed E-state index contributed by atoms with van der Waals surface area (Å²) in [6.45, 7) is 1.45. The lowest BCUT2D eigenvalue weighted by Crippen LogP contribution is -2.22. The topological polar surface area (TPSA) is 23.5 Å². The highest BCUT2D eigenvalue weighted by molar-refractivity contribution is 6.30. The van der Waals surface area contributed by atoms with Crippen molar-refractivity contribution in [2.75, 3.05) is 26.7 Å². The molecule has 0 aromatic heterocycles. The molecule has 1 aromatic rings. The molecule has 0 fully saturated rings. The van der Waals surface area contributed by atoms with E-state index in [-0.39, 0.29) is 6.61 Å². The standard InChI is InChI=1S/C12H14ClNO/c1-14(8-9-15)7-3-5-11-4-2-6-12(13)10-11/h2,4,6,10,15H,7-9H2,1H3. The first-order valence-corrected chi connectivity index (χ1v) is 5.14. The molecular weight excluding hydrogens is 210 g/mol. The van der Waals surface area contributed by atoms with Crippen molar-refractivity contribution in [2.45, 2.75) is 0 Å². The summed E-state index contributed by atoms with van der Waals surface area (Å²) in [6, 6.07) is 7.46. The van der Waals surface area contributed by atoms with Crippen molar-refractivity contribution in [1.29, 1.82) is 0 Å². The molecule has 0 saturated heterocycles. The molecule has 1 aromatic carbocycles. The Balaban J connectivity index is 2.51. The van der Waals surface area contributed by atoms with Crippen LogP contribution in [-0.4, -0.2) is 36.8 Å². The lowest BCUT2D eigenvalue weighted by Gasteiger charge is -2.09. The van der Waals surface area contributed by atoms with Gasteiger partial charge in [0.15, 0.2) is 0 Å². The molecule has 80 valence electrons. The Hall–Kier alpha value is -1.01. The highest BCUT2D eigenvalue weighted by Crippen LogP contribution is 2.09. The summed E-state index contributed by atoms with van der Waals surface area (Å²) in [5.74, 6) is 6.04. The smallest absolute Gasteiger partial charge is 0.0603 e. The third-order valence-corrected chi connectivity index (χ3v) is 2.12. The molecule has 0 aliphatic carbocycles. The Labute approximate surface area is 95.5 Å². The van der Waals surface area contributed by atoms with Crippen LogP contribution in [0.5, 0.6) is 0 Å². The Morgan fingerprint density at radius 2 is 2.27 bits per heavy atom. The van der Waals surface area contributed by atoms with E-state index >= 15 is 0 Å². The maximum Gasteiger partial charge on any atom is 0.0603 e. The maximum absolute atomic E-state index is 8.68. The molecule has 1 rings (SSSR count). The Bertz CT molecular complexity index is 367. The number of hydrogen-bond acceptors (Lipinski definition) is 2. The Morgan fingerprint density at radius 3 is 2.93 bits per heavy atom. The first kappa shape index (κ1) is 12.1. The summed E-state index contributed by atoms with van der Waals surface area (Å²) < 4.78 is 0. The van der Waals surface area contributed by atoms with E-state index in [1.54, 1.807) is 0 Å². The van der Waals surface area contributed by atoms with Crippen LogP contribution in [0.4, 0.5) is 0 Å². The summed E-state index contributed by atoms with van der Waals surface area (Å²) in [6.07, 6.45) is 0. The van der Waals surface area contributed by atoms with Gasteiger partial charge in [-0.2, -0.15) is 0 Å². The molecule has 0 spiro atoms. The van der Waals surface area contributed by atoms with Gasteiger partial charge >= 0.3 is 0 Å². The van der Waals surface area contributed by atoms with Crippen LogP contribution < -0.4 is 0 Å². The summed E-state index contributed by atoms with van der Waals surface area (Å²) in [4.78, 5) is 1.96. The van der Waals surface area contributed by atoms with Gasteiger partial charge < -0.3 is 5.11 Å². The fourth-order valence-electron chi connectivity index (χ4n) is 1.09. The molecule has 3 heteroatoms. The summed E-state index contributed by atoms with van der Waals surface area (Å²) in [7, 11) is 1.92. The van der Waals surface area contributed by atoms with Gasteiger partial charge in [-0.25, -0.2) is 0 Å². The zero-order valence-electron chi connectivity index (χ0n) is 8.70. The van der Waals surface area contributed by atoms with E-state index in [9.17, 15) is 0 Å². The summed E-state index contributed by atoms with van der Waals surface area (Å²) in [5, 5.41) is 9.38. The van der Waals surface area contributed by atoms with Crippen LogP contribution in [0.15, 0.2) is 24.3 Å². The van der Waals surface area contributed by atoms with Gasteiger partial charge in [-0.15, -0.1) is 0 Å². The zero-order chi connectivity index (χ0) is 11.1. The quantitative estimate of drug-likeness (QED) is 0.788. The predicted octanol–water partition coefficient (Wildman–Crippen LogP) is 1.62. The van der Waals surface area contributed by atoms with Crippen LogP contribution in [0.3, 0.4) is 0 Å². The van der Waals surface area contributed by atoms with Crippen molar-refractivity contribution >= 4 is 11.6 Å². The van der Waals surface area contributed by atoms with Crippen LogP contribution in [0, 0.1) is 11.8 Å². The zero-order valence-corrected chi connectivity index (χ0v) is 9.46. The third kappa shape index (κ3) is 4.85. The van der Waals surface area contributed by atoms with Crippen molar-refractivity contribution in [3.05, 3.63) is 34.9 Å². The van der Waals surface area contributed by atoms with E-state index < -0.39 is 0 Å². The molecule has 15 heavy (non-hydrogen) atoms. The molecule has 2 nitrogen and oxygen atoms in total. The molecule has 0 unspecified atom stereocenters. The average Bonchev–Trinajstić information content (AvgIpc) is 2.18. The monoisotopic (exact) mass is 223 g/mol. The lowest BCUT2D eigenvalue weighted by atomic mass is 10.2. The molecule has 0 aliphatic heterocycles. The van der Waals surface area contributed by atoms with Gasteiger partial charge in [0.25, 0.3) is 0 Å². The minimum absolute atomic E-state index is 0.162. The maximum atomic E-state index is 8.68. The van der Waals surface area contributed by atoms with E-state index in [0.717, 1.165) is 5.56 Å². The van der Waals surface area contributed by atoms with Crippen molar-refractivity contribution < 1.29 is 5.11 Å². The second kappa shape index (κ2) is 6.47. The van der Waals surface area contributed by atoms with E-state index in [1.165, 1.54) is 0 Å². The highest BCUT2D eigenvalue weighted by atomic mass is 35.5. The van der Waals surface area contributed by atoms with Crippen LogP contribution in [0.1, 0.15) is 5.56 Å². The minimum Gasteiger partial charge on any atom is -0.395 e. The molecule has 0 radical (unpaired) electrons. The fourth-order valence-corrected chi connectivity index (χ4v) is 1.28. The molecule has 0 aliphatic rings. The Kier molecular flexibility index (Phi) is 5.20. The number of hydrogen-bond donors (Lipinski definition) is 1. The second-order valence-electron chi connectivity index (χ2n) is 3.27. The number of benzene rings is 1. The van der Waals surface area contributed by atoms with E-state index in [2.05, 4.69) is 11.8 Å². The van der Waals surface area contributed by atoms with Gasteiger partial charge in [-0.3, -0.25) is 4.90 Å².